The predicted octanol–water partition coefficient (Wildman–Crippen LogP) is 5.11. The van der Waals surface area contributed by atoms with Gasteiger partial charge in [0, 0.05) is 18.5 Å². The van der Waals surface area contributed by atoms with E-state index in [2.05, 4.69) is 89.2 Å². The highest BCUT2D eigenvalue weighted by atomic mass is 15.1. The van der Waals surface area contributed by atoms with Crippen LogP contribution >= 0.6 is 0 Å². The van der Waals surface area contributed by atoms with Crippen LogP contribution in [-0.2, 0) is 12.0 Å². The zero-order valence-corrected chi connectivity index (χ0v) is 17.7. The number of likely N-dealkylation sites (tertiary alicyclic amines) is 1. The molecule has 152 valence electrons. The summed E-state index contributed by atoms with van der Waals surface area (Å²) in [6.07, 6.45) is 12.5. The summed E-state index contributed by atoms with van der Waals surface area (Å²) >= 11 is 0. The van der Waals surface area contributed by atoms with Crippen LogP contribution in [0.2, 0.25) is 0 Å². The van der Waals surface area contributed by atoms with Gasteiger partial charge in [0.05, 0.1) is 5.52 Å². The fraction of sp³-hybridized carbons (Fsp3) is 0.370. The number of hydrogen-bond donors (Lipinski definition) is 0. The lowest BCUT2D eigenvalue weighted by molar-refractivity contribution is 0.135. The topological polar surface area (TPSA) is 21.1 Å². The van der Waals surface area contributed by atoms with E-state index in [0.29, 0.717) is 5.92 Å². The van der Waals surface area contributed by atoms with Crippen LogP contribution in [-0.4, -0.2) is 34.1 Å². The van der Waals surface area contributed by atoms with Gasteiger partial charge in [-0.2, -0.15) is 0 Å². The summed E-state index contributed by atoms with van der Waals surface area (Å²) in [5.74, 6) is 1.73. The van der Waals surface area contributed by atoms with Crippen LogP contribution in [0.1, 0.15) is 30.7 Å². The minimum atomic E-state index is 0.137. The Morgan fingerprint density at radius 3 is 2.70 bits per heavy atom. The van der Waals surface area contributed by atoms with E-state index in [4.69, 9.17) is 4.98 Å². The van der Waals surface area contributed by atoms with Crippen LogP contribution in [0.4, 0.5) is 0 Å². The lowest BCUT2D eigenvalue weighted by Crippen LogP contribution is -2.46. The van der Waals surface area contributed by atoms with Crippen molar-refractivity contribution >= 4 is 11.0 Å². The van der Waals surface area contributed by atoms with Crippen molar-refractivity contribution in [2.45, 2.75) is 38.1 Å². The number of piperidine rings is 1. The van der Waals surface area contributed by atoms with Gasteiger partial charge in [0.15, 0.2) is 0 Å². The second-order valence-corrected chi connectivity index (χ2v) is 8.84. The van der Waals surface area contributed by atoms with Crippen molar-refractivity contribution < 1.29 is 0 Å². The number of aromatic nitrogens is 2. The van der Waals surface area contributed by atoms with Crippen molar-refractivity contribution in [3.63, 3.8) is 0 Å². The number of rotatable bonds is 5. The van der Waals surface area contributed by atoms with Gasteiger partial charge < -0.3 is 9.47 Å². The molecule has 30 heavy (non-hydrogen) atoms. The molecule has 1 fully saturated rings. The standard InChI is InChI=1S/C27H29N3/c1-22-28-25-14-8-9-15-26(25)30(22)21-27(24-12-6-3-7-13-24)16-18-29(19-17-27)20-23-10-4-2-5-11-23/h2-7,9-10,12-13,15,23H,11,16-21H2,1H3. The summed E-state index contributed by atoms with van der Waals surface area (Å²) in [6, 6.07) is 21.4. The molecule has 0 radical (unpaired) electrons. The normalized spacial score (nSPS) is 21.0. The summed E-state index contributed by atoms with van der Waals surface area (Å²) in [4.78, 5) is 7.41. The van der Waals surface area contributed by atoms with Crippen molar-refractivity contribution in [3.05, 3.63) is 90.3 Å². The van der Waals surface area contributed by atoms with Crippen LogP contribution in [0.5, 0.6) is 0 Å². The highest BCUT2D eigenvalue weighted by Crippen LogP contribution is 2.38. The Hall–Kier alpha value is -2.83. The molecule has 3 nitrogen and oxygen atoms in total. The zero-order valence-electron chi connectivity index (χ0n) is 17.7. The molecule has 0 N–H and O–H groups in total. The minimum Gasteiger partial charge on any atom is -0.327 e. The van der Waals surface area contributed by atoms with E-state index >= 15 is 0 Å². The molecule has 3 heteroatoms. The monoisotopic (exact) mass is 395 g/mol. The van der Waals surface area contributed by atoms with E-state index in [1.54, 1.807) is 0 Å². The van der Waals surface area contributed by atoms with Crippen LogP contribution < -0.4 is 0 Å². The maximum absolute atomic E-state index is 4.75. The fourth-order valence-corrected chi connectivity index (χ4v) is 5.17. The highest BCUT2D eigenvalue weighted by molar-refractivity contribution is 5.74. The zero-order chi connectivity index (χ0) is 20.4. The second kappa shape index (κ2) is 8.13. The molecule has 5 rings (SSSR count). The number of allylic oxidation sites excluding steroid dienone is 3. The average Bonchev–Trinajstić information content (AvgIpc) is 3.11. The molecule has 2 aromatic carbocycles. The number of imidazole rings is 1. The van der Waals surface area contributed by atoms with Gasteiger partial charge in [0.2, 0.25) is 0 Å². The van der Waals surface area contributed by atoms with Crippen molar-refractivity contribution in [2.75, 3.05) is 19.6 Å². The first-order valence-electron chi connectivity index (χ1n) is 11.1. The molecule has 3 aromatic rings. The van der Waals surface area contributed by atoms with E-state index in [9.17, 15) is 0 Å². The number of fused-ring (bicyclic) bond motifs is 1. The summed E-state index contributed by atoms with van der Waals surface area (Å²) < 4.78 is 2.40. The van der Waals surface area contributed by atoms with Crippen LogP contribution in [0.25, 0.3) is 11.0 Å². The Bertz CT molecular complexity index is 1050. The van der Waals surface area contributed by atoms with Gasteiger partial charge in [0.25, 0.3) is 0 Å². The van der Waals surface area contributed by atoms with Gasteiger partial charge in [-0.05, 0) is 69.0 Å². The smallest absolute Gasteiger partial charge is 0.139 e. The van der Waals surface area contributed by atoms with Gasteiger partial charge in [-0.15, -0.1) is 0 Å². The first kappa shape index (κ1) is 19.2. The molecule has 1 aliphatic heterocycles. The molecule has 1 unspecified atom stereocenters. The summed E-state index contributed by atoms with van der Waals surface area (Å²) in [5, 5.41) is 0. The Kier molecular flexibility index (Phi) is 5.19. The Morgan fingerprint density at radius 1 is 1.10 bits per heavy atom. The number of benzene rings is 1. The van der Waals surface area contributed by atoms with Gasteiger partial charge in [-0.1, -0.05) is 60.7 Å². The van der Waals surface area contributed by atoms with Crippen LogP contribution in [0.15, 0.2) is 66.8 Å². The van der Waals surface area contributed by atoms with Gasteiger partial charge in [0.1, 0.15) is 11.3 Å². The van der Waals surface area contributed by atoms with Gasteiger partial charge in [-0.3, -0.25) is 0 Å². The summed E-state index contributed by atoms with van der Waals surface area (Å²) in [5.41, 5.74) is 3.69. The molecular weight excluding hydrogens is 366 g/mol. The number of nitrogens with zero attached hydrogens (tertiary/aromatic N) is 3. The van der Waals surface area contributed by atoms with Crippen molar-refractivity contribution in [3.8, 4) is 0 Å². The molecular formula is C27H29N3. The maximum atomic E-state index is 4.75. The van der Waals surface area contributed by atoms with E-state index in [0.717, 1.165) is 31.0 Å². The number of aryl methyl sites for hydroxylation is 1. The molecule has 1 saturated heterocycles. The molecule has 1 aromatic heterocycles. The summed E-state index contributed by atoms with van der Waals surface area (Å²) in [7, 11) is 0. The molecule has 0 spiro atoms. The third-order valence-electron chi connectivity index (χ3n) is 6.93. The second-order valence-electron chi connectivity index (χ2n) is 8.84. The third kappa shape index (κ3) is 3.68. The largest absolute Gasteiger partial charge is 0.327 e. The molecule has 0 bridgehead atoms. The molecule has 0 amide bonds. The highest BCUT2D eigenvalue weighted by Gasteiger charge is 2.37. The average molecular weight is 396 g/mol. The fourth-order valence-electron chi connectivity index (χ4n) is 5.17. The molecule has 2 aliphatic rings. The molecule has 2 heterocycles. The Balaban J connectivity index is 1.41. The predicted molar refractivity (Wildman–Crippen MR) is 122 cm³/mol. The quantitative estimate of drug-likeness (QED) is 0.598. The Labute approximate surface area is 179 Å². The lowest BCUT2D eigenvalue weighted by Gasteiger charge is -2.43. The van der Waals surface area contributed by atoms with E-state index in [-0.39, 0.29) is 5.41 Å². The molecule has 1 atom stereocenters. The lowest BCUT2D eigenvalue weighted by atomic mass is 9.72. The van der Waals surface area contributed by atoms with Crippen molar-refractivity contribution in [1.29, 1.82) is 0 Å². The van der Waals surface area contributed by atoms with Gasteiger partial charge in [-0.25, -0.2) is 4.98 Å². The van der Waals surface area contributed by atoms with Crippen LogP contribution in [0, 0.1) is 25.0 Å². The molecule has 0 saturated carbocycles. The molecule has 1 aliphatic carbocycles. The van der Waals surface area contributed by atoms with Crippen molar-refractivity contribution in [2.24, 2.45) is 5.92 Å². The van der Waals surface area contributed by atoms with Gasteiger partial charge >= 0.3 is 0 Å². The van der Waals surface area contributed by atoms with Crippen LogP contribution in [0.3, 0.4) is 0 Å². The Morgan fingerprint density at radius 2 is 1.93 bits per heavy atom. The first-order valence-corrected chi connectivity index (χ1v) is 11.1. The minimum absolute atomic E-state index is 0.137. The third-order valence-corrected chi connectivity index (χ3v) is 6.93. The maximum Gasteiger partial charge on any atom is 0.139 e. The SMILES string of the molecule is Cc1nc2c#cccc2n1CC1(c2ccccc2)CCN(CC2C=CC=CC2)CC1. The van der Waals surface area contributed by atoms with E-state index in [1.165, 1.54) is 36.9 Å². The van der Waals surface area contributed by atoms with E-state index < -0.39 is 0 Å². The summed E-state index contributed by atoms with van der Waals surface area (Å²) in [6.45, 7) is 6.55. The number of hydrogen-bond acceptors (Lipinski definition) is 2. The van der Waals surface area contributed by atoms with E-state index in [1.807, 2.05) is 6.07 Å². The first-order chi connectivity index (χ1) is 14.7. The van der Waals surface area contributed by atoms with Crippen molar-refractivity contribution in [1.82, 2.24) is 14.5 Å².